The monoisotopic (exact) mass is 280 g/mol. The summed E-state index contributed by atoms with van der Waals surface area (Å²) in [4.78, 5) is 21.9. The van der Waals surface area contributed by atoms with E-state index < -0.39 is 4.92 Å². The maximum absolute atomic E-state index is 10.8. The van der Waals surface area contributed by atoms with Crippen molar-refractivity contribution in [1.29, 1.82) is 0 Å². The number of nitrogen functional groups attached to an aromatic ring is 1. The first-order valence-corrected chi connectivity index (χ1v) is 6.36. The van der Waals surface area contributed by atoms with Crippen LogP contribution in [-0.2, 0) is 0 Å². The van der Waals surface area contributed by atoms with Gasteiger partial charge in [-0.3, -0.25) is 10.1 Å². The standard InChI is InChI=1S/C10H12N6O2S/c1-6(9-12-2-3-19-9)4-13-8-7(16(17)18)5-14-10(11)15-8/h2-3,5-6H,4H2,1H3,(H3,11,13,14,15). The summed E-state index contributed by atoms with van der Waals surface area (Å²) in [5.41, 5.74) is 5.24. The Labute approximate surface area is 112 Å². The molecule has 2 rings (SSSR count). The van der Waals surface area contributed by atoms with E-state index >= 15 is 0 Å². The number of rotatable bonds is 5. The Morgan fingerprint density at radius 3 is 3.00 bits per heavy atom. The summed E-state index contributed by atoms with van der Waals surface area (Å²) < 4.78 is 0. The zero-order valence-electron chi connectivity index (χ0n) is 10.1. The normalized spacial score (nSPS) is 12.1. The van der Waals surface area contributed by atoms with Gasteiger partial charge in [-0.2, -0.15) is 4.98 Å². The molecule has 9 heteroatoms. The van der Waals surface area contributed by atoms with Gasteiger partial charge in [-0.25, -0.2) is 9.97 Å². The highest BCUT2D eigenvalue weighted by Gasteiger charge is 2.17. The van der Waals surface area contributed by atoms with Crippen molar-refractivity contribution in [2.24, 2.45) is 0 Å². The van der Waals surface area contributed by atoms with Crippen LogP contribution in [0.3, 0.4) is 0 Å². The first-order valence-electron chi connectivity index (χ1n) is 5.48. The van der Waals surface area contributed by atoms with Crippen LogP contribution in [0, 0.1) is 10.1 Å². The number of nitro groups is 1. The molecule has 0 bridgehead atoms. The Hall–Kier alpha value is -2.29. The minimum atomic E-state index is -0.546. The van der Waals surface area contributed by atoms with Gasteiger partial charge in [0, 0.05) is 24.0 Å². The molecule has 0 saturated heterocycles. The third kappa shape index (κ3) is 3.13. The molecule has 2 aromatic heterocycles. The van der Waals surface area contributed by atoms with Gasteiger partial charge in [0.1, 0.15) is 6.20 Å². The van der Waals surface area contributed by atoms with Crippen molar-refractivity contribution in [3.8, 4) is 0 Å². The molecule has 3 N–H and O–H groups in total. The Bertz CT molecular complexity index is 573. The first kappa shape index (κ1) is 13.1. The molecule has 1 atom stereocenters. The molecule has 2 aromatic rings. The lowest BCUT2D eigenvalue weighted by Crippen LogP contribution is -2.13. The highest BCUT2D eigenvalue weighted by molar-refractivity contribution is 7.09. The molecule has 0 spiro atoms. The molecule has 100 valence electrons. The van der Waals surface area contributed by atoms with Crippen LogP contribution in [0.25, 0.3) is 0 Å². The van der Waals surface area contributed by atoms with E-state index in [9.17, 15) is 10.1 Å². The lowest BCUT2D eigenvalue weighted by atomic mass is 10.2. The number of nitrogens with one attached hydrogen (secondary N) is 1. The summed E-state index contributed by atoms with van der Waals surface area (Å²) >= 11 is 1.54. The average Bonchev–Trinajstić information content (AvgIpc) is 2.89. The fourth-order valence-corrected chi connectivity index (χ4v) is 2.17. The largest absolute Gasteiger partial charge is 0.368 e. The van der Waals surface area contributed by atoms with Crippen LogP contribution < -0.4 is 11.1 Å². The highest BCUT2D eigenvalue weighted by Crippen LogP contribution is 2.23. The maximum Gasteiger partial charge on any atom is 0.329 e. The van der Waals surface area contributed by atoms with Gasteiger partial charge < -0.3 is 11.1 Å². The predicted molar refractivity (Wildman–Crippen MR) is 72.1 cm³/mol. The van der Waals surface area contributed by atoms with E-state index in [1.807, 2.05) is 12.3 Å². The number of hydrogen-bond donors (Lipinski definition) is 2. The van der Waals surface area contributed by atoms with Crippen LogP contribution in [0.5, 0.6) is 0 Å². The Kier molecular flexibility index (Phi) is 3.85. The van der Waals surface area contributed by atoms with Crippen molar-refractivity contribution in [2.75, 3.05) is 17.6 Å². The van der Waals surface area contributed by atoms with Crippen LogP contribution in [0.15, 0.2) is 17.8 Å². The SMILES string of the molecule is CC(CNc1nc(N)ncc1[N+](=O)[O-])c1nccs1. The smallest absolute Gasteiger partial charge is 0.329 e. The summed E-state index contributed by atoms with van der Waals surface area (Å²) in [5, 5.41) is 16.6. The van der Waals surface area contributed by atoms with Crippen molar-refractivity contribution in [3.63, 3.8) is 0 Å². The van der Waals surface area contributed by atoms with Crippen molar-refractivity contribution in [2.45, 2.75) is 12.8 Å². The van der Waals surface area contributed by atoms with E-state index in [1.165, 1.54) is 11.3 Å². The number of nitrogens with two attached hydrogens (primary N) is 1. The van der Waals surface area contributed by atoms with E-state index in [1.54, 1.807) is 6.20 Å². The number of hydrogen-bond acceptors (Lipinski definition) is 8. The summed E-state index contributed by atoms with van der Waals surface area (Å²) in [5.74, 6) is 0.242. The van der Waals surface area contributed by atoms with Crippen LogP contribution in [0.2, 0.25) is 0 Å². The second-order valence-electron chi connectivity index (χ2n) is 3.87. The number of thiazole rings is 1. The van der Waals surface area contributed by atoms with Gasteiger partial charge in [0.15, 0.2) is 0 Å². The van der Waals surface area contributed by atoms with Gasteiger partial charge in [0.05, 0.1) is 9.93 Å². The Morgan fingerprint density at radius 2 is 2.37 bits per heavy atom. The fourth-order valence-electron chi connectivity index (χ4n) is 1.47. The van der Waals surface area contributed by atoms with E-state index in [0.29, 0.717) is 6.54 Å². The highest BCUT2D eigenvalue weighted by atomic mass is 32.1. The van der Waals surface area contributed by atoms with Gasteiger partial charge in [-0.15, -0.1) is 11.3 Å². The molecular formula is C10H12N6O2S. The van der Waals surface area contributed by atoms with Gasteiger partial charge in [0.2, 0.25) is 11.8 Å². The van der Waals surface area contributed by atoms with Crippen molar-refractivity contribution >= 4 is 28.8 Å². The zero-order chi connectivity index (χ0) is 13.8. The number of aromatic nitrogens is 3. The summed E-state index contributed by atoms with van der Waals surface area (Å²) in [6.45, 7) is 2.45. The quantitative estimate of drug-likeness (QED) is 0.630. The molecule has 0 radical (unpaired) electrons. The average molecular weight is 280 g/mol. The van der Waals surface area contributed by atoms with Crippen LogP contribution in [0.1, 0.15) is 17.8 Å². The molecule has 0 aliphatic carbocycles. The van der Waals surface area contributed by atoms with Gasteiger partial charge in [0.25, 0.3) is 0 Å². The number of nitrogens with zero attached hydrogens (tertiary/aromatic N) is 4. The first-order chi connectivity index (χ1) is 9.08. The lowest BCUT2D eigenvalue weighted by molar-refractivity contribution is -0.384. The zero-order valence-corrected chi connectivity index (χ0v) is 10.9. The van der Waals surface area contributed by atoms with Gasteiger partial charge in [-0.1, -0.05) is 6.92 Å². The third-order valence-electron chi connectivity index (χ3n) is 2.43. The molecule has 0 saturated carbocycles. The summed E-state index contributed by atoms with van der Waals surface area (Å²) in [7, 11) is 0. The molecule has 0 amide bonds. The lowest BCUT2D eigenvalue weighted by Gasteiger charge is -2.10. The molecular weight excluding hydrogens is 268 g/mol. The molecule has 0 aromatic carbocycles. The van der Waals surface area contributed by atoms with E-state index in [4.69, 9.17) is 5.73 Å². The minimum Gasteiger partial charge on any atom is -0.368 e. The van der Waals surface area contributed by atoms with Crippen LogP contribution in [0.4, 0.5) is 17.5 Å². The molecule has 8 nitrogen and oxygen atoms in total. The second kappa shape index (κ2) is 5.57. The van der Waals surface area contributed by atoms with Crippen molar-refractivity contribution in [3.05, 3.63) is 32.9 Å². The Balaban J connectivity index is 2.10. The maximum atomic E-state index is 10.8. The van der Waals surface area contributed by atoms with Gasteiger partial charge in [-0.05, 0) is 0 Å². The summed E-state index contributed by atoms with van der Waals surface area (Å²) in [6, 6.07) is 0. The minimum absolute atomic E-state index is 0.00463. The van der Waals surface area contributed by atoms with Crippen LogP contribution in [-0.4, -0.2) is 26.4 Å². The van der Waals surface area contributed by atoms with Crippen molar-refractivity contribution < 1.29 is 4.92 Å². The molecule has 0 fully saturated rings. The van der Waals surface area contributed by atoms with E-state index in [-0.39, 0.29) is 23.4 Å². The topological polar surface area (TPSA) is 120 Å². The molecule has 2 heterocycles. The fraction of sp³-hybridized carbons (Fsp3) is 0.300. The predicted octanol–water partition coefficient (Wildman–Crippen LogP) is 1.64. The van der Waals surface area contributed by atoms with E-state index in [0.717, 1.165) is 11.2 Å². The van der Waals surface area contributed by atoms with Crippen LogP contribution >= 0.6 is 11.3 Å². The second-order valence-corrected chi connectivity index (χ2v) is 4.80. The summed E-state index contributed by atoms with van der Waals surface area (Å²) in [6.07, 6.45) is 2.82. The molecule has 0 aliphatic heterocycles. The molecule has 1 unspecified atom stereocenters. The van der Waals surface area contributed by atoms with Crippen molar-refractivity contribution in [1.82, 2.24) is 15.0 Å². The molecule has 19 heavy (non-hydrogen) atoms. The number of anilines is 2. The molecule has 0 aliphatic rings. The third-order valence-corrected chi connectivity index (χ3v) is 3.44. The Morgan fingerprint density at radius 1 is 1.58 bits per heavy atom. The van der Waals surface area contributed by atoms with Gasteiger partial charge >= 0.3 is 5.69 Å². The van der Waals surface area contributed by atoms with E-state index in [2.05, 4.69) is 20.3 Å².